The SMILES string of the molecule is Cc1ccc2c(c1)C(C)(C)C(C)C2C(C)C. The lowest BCUT2D eigenvalue weighted by atomic mass is 9.74. The minimum Gasteiger partial charge on any atom is -0.0622 e. The van der Waals surface area contributed by atoms with Crippen LogP contribution in [0.5, 0.6) is 0 Å². The first-order valence-electron chi connectivity index (χ1n) is 6.46. The van der Waals surface area contributed by atoms with Gasteiger partial charge < -0.3 is 0 Å². The standard InChI is InChI=1S/C16H24/c1-10(2)15-12(4)16(5,6)14-9-11(3)7-8-13(14)15/h7-10,12,15H,1-6H3. The maximum absolute atomic E-state index is 2.42. The molecule has 0 N–H and O–H groups in total. The fourth-order valence-corrected chi connectivity index (χ4v) is 3.42. The smallest absolute Gasteiger partial charge is 0.00691 e. The lowest BCUT2D eigenvalue weighted by Crippen LogP contribution is -2.25. The Morgan fingerprint density at radius 3 is 2.38 bits per heavy atom. The zero-order valence-corrected chi connectivity index (χ0v) is 11.5. The second-order valence-electron chi connectivity index (χ2n) is 6.37. The molecule has 0 heteroatoms. The summed E-state index contributed by atoms with van der Waals surface area (Å²) in [7, 11) is 0. The van der Waals surface area contributed by atoms with E-state index in [1.165, 1.54) is 5.56 Å². The quantitative estimate of drug-likeness (QED) is 0.640. The average molecular weight is 216 g/mol. The first kappa shape index (κ1) is 11.7. The van der Waals surface area contributed by atoms with Gasteiger partial charge in [0.2, 0.25) is 0 Å². The van der Waals surface area contributed by atoms with Crippen molar-refractivity contribution >= 4 is 0 Å². The second kappa shape index (κ2) is 3.61. The van der Waals surface area contributed by atoms with Crippen molar-refractivity contribution in [1.82, 2.24) is 0 Å². The van der Waals surface area contributed by atoms with Gasteiger partial charge in [0.15, 0.2) is 0 Å². The van der Waals surface area contributed by atoms with E-state index in [1.807, 2.05) is 0 Å². The summed E-state index contributed by atoms with van der Waals surface area (Å²) in [6, 6.07) is 7.02. The summed E-state index contributed by atoms with van der Waals surface area (Å²) >= 11 is 0. The molecule has 0 radical (unpaired) electrons. The molecule has 2 atom stereocenters. The van der Waals surface area contributed by atoms with Crippen LogP contribution in [0.1, 0.15) is 57.2 Å². The number of hydrogen-bond acceptors (Lipinski definition) is 0. The Labute approximate surface area is 100 Å². The van der Waals surface area contributed by atoms with Crippen LogP contribution in [-0.4, -0.2) is 0 Å². The predicted octanol–water partition coefficient (Wildman–Crippen LogP) is 4.66. The lowest BCUT2D eigenvalue weighted by molar-refractivity contribution is 0.286. The molecule has 88 valence electrons. The highest BCUT2D eigenvalue weighted by Crippen LogP contribution is 2.52. The molecule has 0 aliphatic heterocycles. The normalized spacial score (nSPS) is 27.2. The summed E-state index contributed by atoms with van der Waals surface area (Å²) in [5, 5.41) is 0. The van der Waals surface area contributed by atoms with Crippen LogP contribution in [0.2, 0.25) is 0 Å². The molecular weight excluding hydrogens is 192 g/mol. The van der Waals surface area contributed by atoms with E-state index in [9.17, 15) is 0 Å². The molecule has 0 bridgehead atoms. The van der Waals surface area contributed by atoms with Crippen molar-refractivity contribution in [2.45, 2.75) is 52.9 Å². The van der Waals surface area contributed by atoms with Crippen LogP contribution < -0.4 is 0 Å². The molecule has 0 saturated heterocycles. The first-order chi connectivity index (χ1) is 7.35. The van der Waals surface area contributed by atoms with E-state index in [-0.39, 0.29) is 0 Å². The van der Waals surface area contributed by atoms with Crippen molar-refractivity contribution in [3.8, 4) is 0 Å². The van der Waals surface area contributed by atoms with Gasteiger partial charge in [-0.25, -0.2) is 0 Å². The fraction of sp³-hybridized carbons (Fsp3) is 0.625. The molecule has 1 aromatic rings. The highest BCUT2D eigenvalue weighted by molar-refractivity contribution is 5.45. The van der Waals surface area contributed by atoms with Gasteiger partial charge in [-0.15, -0.1) is 0 Å². The van der Waals surface area contributed by atoms with E-state index < -0.39 is 0 Å². The third-order valence-electron chi connectivity index (χ3n) is 4.66. The maximum Gasteiger partial charge on any atom is -0.00691 e. The summed E-state index contributed by atoms with van der Waals surface area (Å²) in [6.45, 7) is 14.1. The van der Waals surface area contributed by atoms with E-state index in [4.69, 9.17) is 0 Å². The zero-order valence-electron chi connectivity index (χ0n) is 11.5. The summed E-state index contributed by atoms with van der Waals surface area (Å²) < 4.78 is 0. The molecular formula is C16H24. The zero-order chi connectivity index (χ0) is 12.1. The van der Waals surface area contributed by atoms with Crippen LogP contribution >= 0.6 is 0 Å². The Morgan fingerprint density at radius 1 is 1.19 bits per heavy atom. The number of fused-ring (bicyclic) bond motifs is 1. The van der Waals surface area contributed by atoms with E-state index in [2.05, 4.69) is 59.7 Å². The molecule has 0 heterocycles. The third-order valence-corrected chi connectivity index (χ3v) is 4.66. The van der Waals surface area contributed by atoms with Crippen molar-refractivity contribution in [2.24, 2.45) is 11.8 Å². The Morgan fingerprint density at radius 2 is 1.81 bits per heavy atom. The third kappa shape index (κ3) is 1.50. The van der Waals surface area contributed by atoms with Crippen molar-refractivity contribution in [3.05, 3.63) is 34.9 Å². The maximum atomic E-state index is 2.42. The van der Waals surface area contributed by atoms with Gasteiger partial charge in [0.05, 0.1) is 0 Å². The van der Waals surface area contributed by atoms with Gasteiger partial charge in [-0.3, -0.25) is 0 Å². The second-order valence-corrected chi connectivity index (χ2v) is 6.37. The lowest BCUT2D eigenvalue weighted by Gasteiger charge is -2.30. The highest BCUT2D eigenvalue weighted by atomic mass is 14.5. The number of benzene rings is 1. The molecule has 0 aromatic heterocycles. The number of hydrogen-bond donors (Lipinski definition) is 0. The molecule has 0 nitrogen and oxygen atoms in total. The molecule has 1 aliphatic carbocycles. The minimum absolute atomic E-state index is 0.330. The molecule has 2 unspecified atom stereocenters. The van der Waals surface area contributed by atoms with Gasteiger partial charge in [-0.1, -0.05) is 58.4 Å². The average Bonchev–Trinajstić information content (AvgIpc) is 2.37. The Kier molecular flexibility index (Phi) is 2.64. The first-order valence-corrected chi connectivity index (χ1v) is 6.46. The molecule has 1 aromatic carbocycles. The predicted molar refractivity (Wildman–Crippen MR) is 70.9 cm³/mol. The molecule has 16 heavy (non-hydrogen) atoms. The monoisotopic (exact) mass is 216 g/mol. The van der Waals surface area contributed by atoms with Gasteiger partial charge in [0, 0.05) is 0 Å². The van der Waals surface area contributed by atoms with Crippen LogP contribution in [0, 0.1) is 18.8 Å². The van der Waals surface area contributed by atoms with Crippen molar-refractivity contribution in [1.29, 1.82) is 0 Å². The van der Waals surface area contributed by atoms with Gasteiger partial charge in [0.25, 0.3) is 0 Å². The van der Waals surface area contributed by atoms with Crippen LogP contribution in [0.25, 0.3) is 0 Å². The minimum atomic E-state index is 0.330. The fourth-order valence-electron chi connectivity index (χ4n) is 3.42. The van der Waals surface area contributed by atoms with E-state index in [0.29, 0.717) is 5.41 Å². The van der Waals surface area contributed by atoms with Crippen molar-refractivity contribution in [3.63, 3.8) is 0 Å². The summed E-state index contributed by atoms with van der Waals surface area (Å²) in [6.07, 6.45) is 0. The summed E-state index contributed by atoms with van der Waals surface area (Å²) in [5.74, 6) is 2.20. The summed E-state index contributed by atoms with van der Waals surface area (Å²) in [4.78, 5) is 0. The Bertz CT molecular complexity index is 398. The number of aryl methyl sites for hydroxylation is 1. The molecule has 0 amide bonds. The Balaban J connectivity index is 2.60. The van der Waals surface area contributed by atoms with Crippen molar-refractivity contribution in [2.75, 3.05) is 0 Å². The van der Waals surface area contributed by atoms with E-state index in [1.54, 1.807) is 11.1 Å². The van der Waals surface area contributed by atoms with Gasteiger partial charge in [0.1, 0.15) is 0 Å². The van der Waals surface area contributed by atoms with E-state index in [0.717, 1.165) is 17.8 Å². The highest BCUT2D eigenvalue weighted by Gasteiger charge is 2.44. The molecule has 1 aliphatic rings. The summed E-state index contributed by atoms with van der Waals surface area (Å²) in [5.41, 5.74) is 4.90. The van der Waals surface area contributed by atoms with Crippen LogP contribution in [0.15, 0.2) is 18.2 Å². The van der Waals surface area contributed by atoms with Crippen LogP contribution in [0.3, 0.4) is 0 Å². The molecule has 0 spiro atoms. The Hall–Kier alpha value is -0.780. The van der Waals surface area contributed by atoms with Crippen LogP contribution in [0.4, 0.5) is 0 Å². The number of rotatable bonds is 1. The van der Waals surface area contributed by atoms with Gasteiger partial charge in [-0.05, 0) is 41.2 Å². The largest absolute Gasteiger partial charge is 0.0622 e. The molecule has 0 fully saturated rings. The van der Waals surface area contributed by atoms with E-state index >= 15 is 0 Å². The van der Waals surface area contributed by atoms with Crippen LogP contribution in [-0.2, 0) is 5.41 Å². The van der Waals surface area contributed by atoms with Gasteiger partial charge in [-0.2, -0.15) is 0 Å². The van der Waals surface area contributed by atoms with Gasteiger partial charge >= 0.3 is 0 Å². The van der Waals surface area contributed by atoms with Crippen molar-refractivity contribution < 1.29 is 0 Å². The molecule has 0 saturated carbocycles. The topological polar surface area (TPSA) is 0 Å². The molecule has 2 rings (SSSR count).